The lowest BCUT2D eigenvalue weighted by molar-refractivity contribution is -0.134. The Kier molecular flexibility index (Phi) is 6.63. The number of amides is 1. The molecule has 0 saturated carbocycles. The Hall–Kier alpha value is -3.48. The van der Waals surface area contributed by atoms with E-state index < -0.39 is 0 Å². The second-order valence-corrected chi connectivity index (χ2v) is 8.17. The Morgan fingerprint density at radius 3 is 2.84 bits per heavy atom. The molecule has 1 aliphatic rings. The van der Waals surface area contributed by atoms with Crippen molar-refractivity contribution in [2.75, 3.05) is 32.1 Å². The average molecular weight is 435 g/mol. The van der Waals surface area contributed by atoms with E-state index in [-0.39, 0.29) is 24.4 Å². The first-order valence-electron chi connectivity index (χ1n) is 10.7. The Morgan fingerprint density at radius 1 is 1.19 bits per heavy atom. The van der Waals surface area contributed by atoms with Gasteiger partial charge in [0.2, 0.25) is 0 Å². The molecule has 0 radical (unpaired) electrons. The molecule has 0 bridgehead atoms. The third-order valence-corrected chi connectivity index (χ3v) is 5.59. The lowest BCUT2D eigenvalue weighted by Gasteiger charge is -2.24. The molecule has 1 amide bonds. The van der Waals surface area contributed by atoms with Crippen molar-refractivity contribution in [1.29, 1.82) is 0 Å². The largest absolute Gasteiger partial charge is 0.484 e. The van der Waals surface area contributed by atoms with Gasteiger partial charge in [-0.15, -0.1) is 0 Å². The third kappa shape index (κ3) is 5.22. The van der Waals surface area contributed by atoms with Crippen molar-refractivity contribution in [2.45, 2.75) is 25.3 Å². The summed E-state index contributed by atoms with van der Waals surface area (Å²) in [6.07, 6.45) is 5.63. The fraction of sp³-hybridized carbons (Fsp3) is 0.320. The molecule has 2 heterocycles. The second kappa shape index (κ2) is 9.77. The first-order valence-corrected chi connectivity index (χ1v) is 10.7. The van der Waals surface area contributed by atoms with E-state index in [4.69, 9.17) is 9.72 Å². The van der Waals surface area contributed by atoms with Crippen LogP contribution in [0.5, 0.6) is 5.75 Å². The summed E-state index contributed by atoms with van der Waals surface area (Å²) in [6, 6.07) is 14.0. The Balaban J connectivity index is 1.43. The molecule has 6 nitrogen and oxygen atoms in total. The molecular weight excluding hydrogens is 407 g/mol. The number of aromatic nitrogens is 2. The average Bonchev–Trinajstić information content (AvgIpc) is 3.28. The molecular formula is C25H27FN4O2. The highest BCUT2D eigenvalue weighted by atomic mass is 19.1. The normalized spacial score (nSPS) is 15.6. The van der Waals surface area contributed by atoms with E-state index in [0.29, 0.717) is 18.7 Å². The van der Waals surface area contributed by atoms with Gasteiger partial charge in [-0.1, -0.05) is 18.2 Å². The maximum absolute atomic E-state index is 13.5. The van der Waals surface area contributed by atoms with Gasteiger partial charge < -0.3 is 14.5 Å². The van der Waals surface area contributed by atoms with Crippen LogP contribution in [-0.2, 0) is 11.2 Å². The van der Waals surface area contributed by atoms with Crippen molar-refractivity contribution >= 4 is 11.6 Å². The molecule has 1 fully saturated rings. The summed E-state index contributed by atoms with van der Waals surface area (Å²) in [6.45, 7) is 0.643. The zero-order chi connectivity index (χ0) is 22.5. The summed E-state index contributed by atoms with van der Waals surface area (Å²) in [5.41, 5.74) is 3.37. The van der Waals surface area contributed by atoms with E-state index in [1.54, 1.807) is 18.5 Å². The van der Waals surface area contributed by atoms with Crippen LogP contribution in [0.25, 0.3) is 0 Å². The van der Waals surface area contributed by atoms with Crippen LogP contribution >= 0.6 is 0 Å². The number of halogens is 1. The van der Waals surface area contributed by atoms with Crippen LogP contribution in [0, 0.1) is 5.82 Å². The Labute approximate surface area is 187 Å². The maximum Gasteiger partial charge on any atom is 0.261 e. The fourth-order valence-corrected chi connectivity index (χ4v) is 3.98. The first-order chi connectivity index (χ1) is 15.5. The van der Waals surface area contributed by atoms with Gasteiger partial charge in [0.05, 0.1) is 23.6 Å². The van der Waals surface area contributed by atoms with Gasteiger partial charge in [-0.05, 0) is 42.7 Å². The zero-order valence-corrected chi connectivity index (χ0v) is 18.4. The molecule has 32 heavy (non-hydrogen) atoms. The molecule has 7 heteroatoms. The number of likely N-dealkylation sites (tertiary alicyclic amines) is 1. The van der Waals surface area contributed by atoms with Crippen molar-refractivity contribution in [3.05, 3.63) is 83.7 Å². The highest BCUT2D eigenvalue weighted by Gasteiger charge is 2.31. The van der Waals surface area contributed by atoms with Crippen molar-refractivity contribution in [3.63, 3.8) is 0 Å². The van der Waals surface area contributed by atoms with Gasteiger partial charge in [0.25, 0.3) is 5.91 Å². The highest BCUT2D eigenvalue weighted by Crippen LogP contribution is 2.31. The topological polar surface area (TPSA) is 58.6 Å². The number of anilines is 1. The number of hydrogen-bond donors (Lipinski definition) is 0. The van der Waals surface area contributed by atoms with Gasteiger partial charge >= 0.3 is 0 Å². The number of rotatable bonds is 7. The van der Waals surface area contributed by atoms with Crippen LogP contribution in [0.1, 0.15) is 35.8 Å². The van der Waals surface area contributed by atoms with Gasteiger partial charge in [0.1, 0.15) is 11.6 Å². The van der Waals surface area contributed by atoms with Crippen molar-refractivity contribution < 1.29 is 13.9 Å². The molecule has 3 aromatic rings. The summed E-state index contributed by atoms with van der Waals surface area (Å²) in [5, 5.41) is 0. The molecule has 0 spiro atoms. The van der Waals surface area contributed by atoms with E-state index in [2.05, 4.69) is 4.98 Å². The monoisotopic (exact) mass is 434 g/mol. The number of carbonyl (C=O) groups is 1. The minimum Gasteiger partial charge on any atom is -0.484 e. The zero-order valence-electron chi connectivity index (χ0n) is 18.4. The minimum atomic E-state index is -0.268. The van der Waals surface area contributed by atoms with Crippen LogP contribution < -0.4 is 9.64 Å². The standard InChI is InChI=1S/C25H27FN4O2/c1-29(2)21-8-4-9-22(14-21)32-17-25(31)30-11-5-10-24(30)23-16-27-15-20(28-23)13-18-6-3-7-19(26)12-18/h3-4,6-9,12,14-16,24H,5,10-11,13,17H2,1-2H3/t24-/m0/s1. The van der Waals surface area contributed by atoms with Crippen molar-refractivity contribution in [3.8, 4) is 5.75 Å². The lowest BCUT2D eigenvalue weighted by atomic mass is 10.1. The molecule has 0 unspecified atom stereocenters. The molecule has 4 rings (SSSR count). The van der Waals surface area contributed by atoms with Crippen LogP contribution in [0.15, 0.2) is 60.9 Å². The summed E-state index contributed by atoms with van der Waals surface area (Å²) in [7, 11) is 3.92. The molecule has 0 aliphatic carbocycles. The van der Waals surface area contributed by atoms with E-state index in [1.165, 1.54) is 12.1 Å². The van der Waals surface area contributed by atoms with E-state index in [9.17, 15) is 9.18 Å². The van der Waals surface area contributed by atoms with E-state index in [0.717, 1.165) is 35.5 Å². The van der Waals surface area contributed by atoms with Gasteiger partial charge in [-0.2, -0.15) is 0 Å². The summed E-state index contributed by atoms with van der Waals surface area (Å²) in [4.78, 5) is 25.8. The fourth-order valence-electron chi connectivity index (χ4n) is 3.98. The van der Waals surface area contributed by atoms with Crippen molar-refractivity contribution in [1.82, 2.24) is 14.9 Å². The van der Waals surface area contributed by atoms with E-state index >= 15 is 0 Å². The van der Waals surface area contributed by atoms with Crippen LogP contribution in [0.2, 0.25) is 0 Å². The maximum atomic E-state index is 13.5. The lowest BCUT2D eigenvalue weighted by Crippen LogP contribution is -2.35. The first kappa shape index (κ1) is 21.7. The molecule has 1 aliphatic heterocycles. The minimum absolute atomic E-state index is 0.0240. The van der Waals surface area contributed by atoms with Crippen molar-refractivity contribution in [2.24, 2.45) is 0 Å². The number of carbonyl (C=O) groups excluding carboxylic acids is 1. The summed E-state index contributed by atoms with van der Waals surface area (Å²) >= 11 is 0. The molecule has 2 aromatic carbocycles. The van der Waals surface area contributed by atoms with Crippen LogP contribution in [-0.4, -0.2) is 48.0 Å². The molecule has 1 atom stereocenters. The van der Waals surface area contributed by atoms with Gasteiger partial charge in [-0.25, -0.2) is 4.39 Å². The SMILES string of the molecule is CN(C)c1cccc(OCC(=O)N2CCC[C@H]2c2cncc(Cc3cccc(F)c3)n2)c1. The van der Waals surface area contributed by atoms with Crippen LogP contribution in [0.4, 0.5) is 10.1 Å². The summed E-state index contributed by atoms with van der Waals surface area (Å²) in [5.74, 6) is 0.326. The predicted octanol–water partition coefficient (Wildman–Crippen LogP) is 4.02. The molecule has 166 valence electrons. The second-order valence-electron chi connectivity index (χ2n) is 8.17. The third-order valence-electron chi connectivity index (χ3n) is 5.59. The molecule has 0 N–H and O–H groups in total. The predicted molar refractivity (Wildman–Crippen MR) is 121 cm³/mol. The number of ether oxygens (including phenoxy) is 1. The van der Waals surface area contributed by atoms with Gasteiger partial charge in [-0.3, -0.25) is 14.8 Å². The van der Waals surface area contributed by atoms with Gasteiger partial charge in [0, 0.05) is 45.0 Å². The number of benzene rings is 2. The highest BCUT2D eigenvalue weighted by molar-refractivity contribution is 5.78. The number of hydrogen-bond acceptors (Lipinski definition) is 5. The van der Waals surface area contributed by atoms with Gasteiger partial charge in [0.15, 0.2) is 6.61 Å². The quantitative estimate of drug-likeness (QED) is 0.562. The molecule has 1 saturated heterocycles. The van der Waals surface area contributed by atoms with E-state index in [1.807, 2.05) is 54.2 Å². The van der Waals surface area contributed by atoms with Crippen LogP contribution in [0.3, 0.4) is 0 Å². The Bertz CT molecular complexity index is 1090. The molecule has 1 aromatic heterocycles. The summed E-state index contributed by atoms with van der Waals surface area (Å²) < 4.78 is 19.3. The number of nitrogens with zero attached hydrogens (tertiary/aromatic N) is 4. The smallest absolute Gasteiger partial charge is 0.261 e. The Morgan fingerprint density at radius 2 is 2.03 bits per heavy atom.